The predicted molar refractivity (Wildman–Crippen MR) is 50.9 cm³/mol. The van der Waals surface area contributed by atoms with Gasteiger partial charge in [-0.3, -0.25) is 0 Å². The van der Waals surface area contributed by atoms with E-state index < -0.39 is 0 Å². The lowest BCUT2D eigenvalue weighted by Gasteiger charge is -2.18. The molecule has 1 nitrogen and oxygen atoms in total. The molecule has 0 heterocycles. The standard InChI is InChI=1S/C8H10BrClO/c1-5-3-8(11-2)7(10)4-6(5)9/h3-6H,1-2H3. The third-order valence-electron chi connectivity index (χ3n) is 1.68. The molecule has 0 bridgehead atoms. The van der Waals surface area contributed by atoms with Crippen LogP contribution in [0.2, 0.25) is 0 Å². The maximum absolute atomic E-state index is 5.88. The molecule has 0 spiro atoms. The molecule has 62 valence electrons. The van der Waals surface area contributed by atoms with E-state index in [-0.39, 0.29) is 0 Å². The summed E-state index contributed by atoms with van der Waals surface area (Å²) < 4.78 is 5.06. The molecular formula is C8H10BrClO. The smallest absolute Gasteiger partial charge is 0.133 e. The highest BCUT2D eigenvalue weighted by Gasteiger charge is 2.18. The molecule has 0 saturated heterocycles. The van der Waals surface area contributed by atoms with Gasteiger partial charge in [0.25, 0.3) is 0 Å². The van der Waals surface area contributed by atoms with Gasteiger partial charge >= 0.3 is 0 Å². The molecular weight excluding hydrogens is 227 g/mol. The molecule has 2 atom stereocenters. The highest BCUT2D eigenvalue weighted by atomic mass is 79.9. The van der Waals surface area contributed by atoms with Crippen LogP contribution in [0.5, 0.6) is 0 Å². The summed E-state index contributed by atoms with van der Waals surface area (Å²) in [5.41, 5.74) is 0. The Bertz CT molecular complexity index is 210. The van der Waals surface area contributed by atoms with Gasteiger partial charge in [0.05, 0.1) is 12.1 Å². The normalized spacial score (nSPS) is 30.9. The van der Waals surface area contributed by atoms with E-state index in [4.69, 9.17) is 16.3 Å². The number of alkyl halides is 1. The number of halogens is 2. The second-order valence-electron chi connectivity index (χ2n) is 2.55. The van der Waals surface area contributed by atoms with Crippen molar-refractivity contribution in [1.82, 2.24) is 0 Å². The summed E-state index contributed by atoms with van der Waals surface area (Å²) in [6, 6.07) is 0. The molecule has 1 aliphatic carbocycles. The maximum Gasteiger partial charge on any atom is 0.133 e. The van der Waals surface area contributed by atoms with Gasteiger partial charge in [-0.25, -0.2) is 0 Å². The Morgan fingerprint density at radius 1 is 1.55 bits per heavy atom. The number of hydrogen-bond acceptors (Lipinski definition) is 1. The van der Waals surface area contributed by atoms with Crippen LogP contribution in [0.3, 0.4) is 0 Å². The van der Waals surface area contributed by atoms with Crippen LogP contribution in [0.4, 0.5) is 0 Å². The van der Waals surface area contributed by atoms with Gasteiger partial charge in [0.15, 0.2) is 0 Å². The van der Waals surface area contributed by atoms with Crippen LogP contribution in [0, 0.1) is 5.92 Å². The largest absolute Gasteiger partial charge is 0.496 e. The highest BCUT2D eigenvalue weighted by Crippen LogP contribution is 2.29. The fourth-order valence-electron chi connectivity index (χ4n) is 0.950. The molecule has 0 fully saturated rings. The van der Waals surface area contributed by atoms with Crippen molar-refractivity contribution in [3.05, 3.63) is 22.9 Å². The number of methoxy groups -OCH3 is 1. The topological polar surface area (TPSA) is 9.23 Å². The lowest BCUT2D eigenvalue weighted by molar-refractivity contribution is 0.298. The van der Waals surface area contributed by atoms with Crippen LogP contribution in [0.1, 0.15) is 6.92 Å². The number of rotatable bonds is 1. The number of hydrogen-bond donors (Lipinski definition) is 0. The summed E-state index contributed by atoms with van der Waals surface area (Å²) in [7, 11) is 1.63. The lowest BCUT2D eigenvalue weighted by Crippen LogP contribution is -2.11. The fourth-order valence-corrected chi connectivity index (χ4v) is 1.79. The zero-order chi connectivity index (χ0) is 8.43. The monoisotopic (exact) mass is 236 g/mol. The van der Waals surface area contributed by atoms with Crippen LogP contribution in [0.25, 0.3) is 0 Å². The summed E-state index contributed by atoms with van der Waals surface area (Å²) >= 11 is 9.37. The van der Waals surface area contributed by atoms with Crippen LogP contribution in [-0.2, 0) is 4.74 Å². The molecule has 0 saturated carbocycles. The minimum absolute atomic E-state index is 0.328. The Morgan fingerprint density at radius 2 is 2.18 bits per heavy atom. The average Bonchev–Trinajstić information content (AvgIpc) is 1.97. The van der Waals surface area contributed by atoms with E-state index in [1.54, 1.807) is 7.11 Å². The molecule has 1 aliphatic rings. The van der Waals surface area contributed by atoms with Crippen molar-refractivity contribution < 1.29 is 4.74 Å². The van der Waals surface area contributed by atoms with E-state index in [2.05, 4.69) is 22.9 Å². The van der Waals surface area contributed by atoms with Gasteiger partial charge < -0.3 is 4.74 Å². The van der Waals surface area contributed by atoms with E-state index in [0.29, 0.717) is 15.8 Å². The first-order chi connectivity index (χ1) is 5.15. The maximum atomic E-state index is 5.88. The van der Waals surface area contributed by atoms with E-state index in [1.165, 1.54) is 0 Å². The summed E-state index contributed by atoms with van der Waals surface area (Å²) in [5, 5.41) is 0.687. The average molecular weight is 238 g/mol. The summed E-state index contributed by atoms with van der Waals surface area (Å²) in [6.45, 7) is 2.11. The molecule has 3 heteroatoms. The first kappa shape index (κ1) is 9.14. The van der Waals surface area contributed by atoms with Crippen molar-refractivity contribution in [2.45, 2.75) is 11.8 Å². The molecule has 0 aromatic rings. The van der Waals surface area contributed by atoms with Crippen molar-refractivity contribution in [2.24, 2.45) is 5.92 Å². The molecule has 1 rings (SSSR count). The van der Waals surface area contributed by atoms with Gasteiger partial charge in [0.1, 0.15) is 5.76 Å². The Morgan fingerprint density at radius 3 is 2.73 bits per heavy atom. The molecule has 0 N–H and O–H groups in total. The molecule has 0 aromatic heterocycles. The molecule has 0 amide bonds. The number of allylic oxidation sites excluding steroid dienone is 3. The Labute approximate surface area is 80.2 Å². The molecule has 0 aromatic carbocycles. The van der Waals surface area contributed by atoms with E-state index in [9.17, 15) is 0 Å². The first-order valence-electron chi connectivity index (χ1n) is 3.42. The Balaban J connectivity index is 2.82. The molecule has 11 heavy (non-hydrogen) atoms. The molecule has 0 aliphatic heterocycles. The van der Waals surface area contributed by atoms with Crippen molar-refractivity contribution in [3.63, 3.8) is 0 Å². The van der Waals surface area contributed by atoms with Crippen molar-refractivity contribution in [1.29, 1.82) is 0 Å². The number of ether oxygens (including phenoxy) is 1. The molecule has 2 unspecified atom stereocenters. The summed E-state index contributed by atoms with van der Waals surface area (Å²) in [5.74, 6) is 1.21. The van der Waals surface area contributed by atoms with E-state index in [0.717, 1.165) is 5.76 Å². The SMILES string of the molecule is COC1=CC(C)C(Br)C=C1Cl. The van der Waals surface area contributed by atoms with Crippen molar-refractivity contribution in [2.75, 3.05) is 7.11 Å². The van der Waals surface area contributed by atoms with E-state index in [1.807, 2.05) is 12.2 Å². The van der Waals surface area contributed by atoms with Gasteiger partial charge in [-0.2, -0.15) is 0 Å². The lowest BCUT2D eigenvalue weighted by atomic mass is 10.0. The fraction of sp³-hybridized carbons (Fsp3) is 0.500. The Kier molecular flexibility index (Phi) is 3.02. The quantitative estimate of drug-likeness (QED) is 0.637. The highest BCUT2D eigenvalue weighted by molar-refractivity contribution is 9.09. The minimum atomic E-state index is 0.328. The predicted octanol–water partition coefficient (Wildman–Crippen LogP) is 3.05. The third-order valence-corrected chi connectivity index (χ3v) is 3.09. The zero-order valence-corrected chi connectivity index (χ0v) is 8.82. The second-order valence-corrected chi connectivity index (χ2v) is 4.02. The Hall–Kier alpha value is 0.0500. The van der Waals surface area contributed by atoms with Gasteiger partial charge in [-0.15, -0.1) is 0 Å². The van der Waals surface area contributed by atoms with Gasteiger partial charge in [0, 0.05) is 4.83 Å². The van der Waals surface area contributed by atoms with Gasteiger partial charge in [-0.05, 0) is 18.1 Å². The molecule has 0 radical (unpaired) electrons. The zero-order valence-electron chi connectivity index (χ0n) is 6.47. The van der Waals surface area contributed by atoms with Crippen LogP contribution < -0.4 is 0 Å². The summed E-state index contributed by atoms with van der Waals surface area (Å²) in [4.78, 5) is 0.328. The van der Waals surface area contributed by atoms with Crippen molar-refractivity contribution >= 4 is 27.5 Å². The van der Waals surface area contributed by atoms with Crippen LogP contribution >= 0.6 is 27.5 Å². The second kappa shape index (κ2) is 3.63. The van der Waals surface area contributed by atoms with Gasteiger partial charge in [0.2, 0.25) is 0 Å². The van der Waals surface area contributed by atoms with Gasteiger partial charge in [-0.1, -0.05) is 34.5 Å². The minimum Gasteiger partial charge on any atom is -0.496 e. The van der Waals surface area contributed by atoms with Crippen molar-refractivity contribution in [3.8, 4) is 0 Å². The van der Waals surface area contributed by atoms with E-state index >= 15 is 0 Å². The third kappa shape index (κ3) is 2.00. The van der Waals surface area contributed by atoms with Crippen LogP contribution in [-0.4, -0.2) is 11.9 Å². The summed E-state index contributed by atoms with van der Waals surface area (Å²) in [6.07, 6.45) is 3.97. The van der Waals surface area contributed by atoms with Crippen LogP contribution in [0.15, 0.2) is 22.9 Å². The first-order valence-corrected chi connectivity index (χ1v) is 4.72.